The fourth-order valence-corrected chi connectivity index (χ4v) is 2.47. The zero-order valence-electron chi connectivity index (χ0n) is 13.6. The number of hydrogen-bond acceptors (Lipinski definition) is 2. The van der Waals surface area contributed by atoms with E-state index in [0.29, 0.717) is 6.54 Å². The standard InChI is InChI=1S/C19H24N2O2/c1-14-7-6-10-17(11-14)15(2)12-20-19(23)21-18(13-22)16-8-4-3-5-9-16/h3-11,15,18,22H,12-13H2,1-2H3,(H2,20,21,23). The summed E-state index contributed by atoms with van der Waals surface area (Å²) >= 11 is 0. The maximum atomic E-state index is 12.1. The number of nitrogens with one attached hydrogen (secondary N) is 2. The predicted molar refractivity (Wildman–Crippen MR) is 92.4 cm³/mol. The summed E-state index contributed by atoms with van der Waals surface area (Å²) in [5.74, 6) is 0.227. The fraction of sp³-hybridized carbons (Fsp3) is 0.316. The Morgan fingerprint density at radius 2 is 1.78 bits per heavy atom. The summed E-state index contributed by atoms with van der Waals surface area (Å²) in [5, 5.41) is 15.1. The van der Waals surface area contributed by atoms with Gasteiger partial charge in [0.1, 0.15) is 0 Å². The van der Waals surface area contributed by atoms with Crippen LogP contribution in [0.1, 0.15) is 35.6 Å². The number of benzene rings is 2. The molecule has 0 heterocycles. The van der Waals surface area contributed by atoms with Gasteiger partial charge in [0.2, 0.25) is 0 Å². The Hall–Kier alpha value is -2.33. The van der Waals surface area contributed by atoms with Gasteiger partial charge in [-0.2, -0.15) is 0 Å². The zero-order chi connectivity index (χ0) is 16.7. The molecule has 0 radical (unpaired) electrons. The molecule has 2 rings (SSSR count). The second kappa shape index (κ2) is 8.34. The molecule has 0 bridgehead atoms. The third-order valence-electron chi connectivity index (χ3n) is 3.87. The maximum Gasteiger partial charge on any atom is 0.315 e. The van der Waals surface area contributed by atoms with Gasteiger partial charge in [-0.3, -0.25) is 0 Å². The van der Waals surface area contributed by atoms with E-state index in [2.05, 4.69) is 42.7 Å². The average Bonchev–Trinajstić information content (AvgIpc) is 2.58. The van der Waals surface area contributed by atoms with E-state index >= 15 is 0 Å². The van der Waals surface area contributed by atoms with E-state index in [4.69, 9.17) is 0 Å². The van der Waals surface area contributed by atoms with Gasteiger partial charge in [0.15, 0.2) is 0 Å². The van der Waals surface area contributed by atoms with E-state index in [9.17, 15) is 9.90 Å². The average molecular weight is 312 g/mol. The summed E-state index contributed by atoms with van der Waals surface area (Å²) in [4.78, 5) is 12.1. The van der Waals surface area contributed by atoms with Gasteiger partial charge >= 0.3 is 6.03 Å². The second-order valence-corrected chi connectivity index (χ2v) is 5.82. The van der Waals surface area contributed by atoms with E-state index in [1.165, 1.54) is 11.1 Å². The first-order valence-electron chi connectivity index (χ1n) is 7.87. The van der Waals surface area contributed by atoms with Gasteiger partial charge in [-0.1, -0.05) is 67.1 Å². The summed E-state index contributed by atoms with van der Waals surface area (Å²) < 4.78 is 0. The molecule has 0 saturated heterocycles. The number of rotatable bonds is 6. The van der Waals surface area contributed by atoms with Gasteiger partial charge in [0.05, 0.1) is 12.6 Å². The number of aliphatic hydroxyl groups excluding tert-OH is 1. The lowest BCUT2D eigenvalue weighted by Gasteiger charge is -2.19. The molecule has 0 aliphatic heterocycles. The van der Waals surface area contributed by atoms with Crippen molar-refractivity contribution in [3.8, 4) is 0 Å². The lowest BCUT2D eigenvalue weighted by atomic mass is 9.99. The molecule has 2 atom stereocenters. The van der Waals surface area contributed by atoms with Crippen LogP contribution in [0.15, 0.2) is 54.6 Å². The summed E-state index contributed by atoms with van der Waals surface area (Å²) in [6.45, 7) is 4.55. The second-order valence-electron chi connectivity index (χ2n) is 5.82. The number of carbonyl (C=O) groups is 1. The molecule has 122 valence electrons. The molecule has 0 aromatic heterocycles. The van der Waals surface area contributed by atoms with Gasteiger partial charge in [-0.05, 0) is 24.0 Å². The molecule has 0 aliphatic carbocycles. The zero-order valence-corrected chi connectivity index (χ0v) is 13.6. The first-order valence-corrected chi connectivity index (χ1v) is 7.87. The van der Waals surface area contributed by atoms with Gasteiger partial charge in [0.25, 0.3) is 0 Å². The molecule has 2 amide bonds. The van der Waals surface area contributed by atoms with Crippen LogP contribution < -0.4 is 10.6 Å². The topological polar surface area (TPSA) is 61.4 Å². The minimum atomic E-state index is -0.398. The van der Waals surface area contributed by atoms with Crippen molar-refractivity contribution in [2.75, 3.05) is 13.2 Å². The highest BCUT2D eigenvalue weighted by molar-refractivity contribution is 5.74. The number of aliphatic hydroxyl groups is 1. The molecule has 2 aromatic rings. The number of amides is 2. The summed E-state index contributed by atoms with van der Waals surface area (Å²) in [6.07, 6.45) is 0. The monoisotopic (exact) mass is 312 g/mol. The summed E-state index contributed by atoms with van der Waals surface area (Å²) in [5.41, 5.74) is 3.30. The van der Waals surface area contributed by atoms with Crippen LogP contribution in [0.2, 0.25) is 0 Å². The van der Waals surface area contributed by atoms with Crippen molar-refractivity contribution < 1.29 is 9.90 Å². The van der Waals surface area contributed by atoms with Crippen LogP contribution in [-0.4, -0.2) is 24.3 Å². The summed E-state index contributed by atoms with van der Waals surface area (Å²) in [6, 6.07) is 17.1. The molecule has 3 N–H and O–H groups in total. The van der Waals surface area contributed by atoms with Crippen LogP contribution in [0, 0.1) is 6.92 Å². The molecular formula is C19H24N2O2. The van der Waals surface area contributed by atoms with Crippen LogP contribution in [0.5, 0.6) is 0 Å². The van der Waals surface area contributed by atoms with Gasteiger partial charge in [-0.15, -0.1) is 0 Å². The molecule has 2 unspecified atom stereocenters. The Kier molecular flexibility index (Phi) is 6.18. The third kappa shape index (κ3) is 5.11. The van der Waals surface area contributed by atoms with Crippen LogP contribution >= 0.6 is 0 Å². The first kappa shape index (κ1) is 17.0. The van der Waals surface area contributed by atoms with Crippen molar-refractivity contribution in [3.05, 3.63) is 71.3 Å². The molecule has 4 nitrogen and oxygen atoms in total. The summed E-state index contributed by atoms with van der Waals surface area (Å²) in [7, 11) is 0. The molecule has 0 spiro atoms. The van der Waals surface area contributed by atoms with Gasteiger partial charge in [0, 0.05) is 6.54 Å². The molecule has 23 heavy (non-hydrogen) atoms. The normalized spacial score (nSPS) is 13.2. The maximum absolute atomic E-state index is 12.1. The first-order chi connectivity index (χ1) is 11.1. The van der Waals surface area contributed by atoms with Gasteiger partial charge in [-0.25, -0.2) is 4.79 Å². The Bertz CT molecular complexity index is 628. The van der Waals surface area contributed by atoms with Crippen LogP contribution in [0.25, 0.3) is 0 Å². The van der Waals surface area contributed by atoms with E-state index in [0.717, 1.165) is 5.56 Å². The highest BCUT2D eigenvalue weighted by atomic mass is 16.3. The van der Waals surface area contributed by atoms with Crippen molar-refractivity contribution in [3.63, 3.8) is 0 Å². The number of hydrogen-bond donors (Lipinski definition) is 3. The minimum absolute atomic E-state index is 0.134. The smallest absolute Gasteiger partial charge is 0.315 e. The van der Waals surface area contributed by atoms with Crippen molar-refractivity contribution in [1.82, 2.24) is 10.6 Å². The SMILES string of the molecule is Cc1cccc(C(C)CNC(=O)NC(CO)c2ccccc2)c1. The lowest BCUT2D eigenvalue weighted by Crippen LogP contribution is -2.40. The Labute approximate surface area is 137 Å². The fourth-order valence-electron chi connectivity index (χ4n) is 2.47. The number of carbonyl (C=O) groups excluding carboxylic acids is 1. The van der Waals surface area contributed by atoms with Crippen LogP contribution in [0.3, 0.4) is 0 Å². The van der Waals surface area contributed by atoms with E-state index < -0.39 is 6.04 Å². The van der Waals surface area contributed by atoms with Crippen molar-refractivity contribution in [2.45, 2.75) is 25.8 Å². The van der Waals surface area contributed by atoms with Crippen LogP contribution in [-0.2, 0) is 0 Å². The van der Waals surface area contributed by atoms with Crippen LogP contribution in [0.4, 0.5) is 4.79 Å². The Balaban J connectivity index is 1.87. The molecule has 4 heteroatoms. The lowest BCUT2D eigenvalue weighted by molar-refractivity contribution is 0.216. The molecule has 0 saturated carbocycles. The Morgan fingerprint density at radius 3 is 2.43 bits per heavy atom. The van der Waals surface area contributed by atoms with E-state index in [-0.39, 0.29) is 18.6 Å². The highest BCUT2D eigenvalue weighted by Gasteiger charge is 2.14. The van der Waals surface area contributed by atoms with Gasteiger partial charge < -0.3 is 15.7 Å². The highest BCUT2D eigenvalue weighted by Crippen LogP contribution is 2.15. The van der Waals surface area contributed by atoms with Crippen molar-refractivity contribution in [2.24, 2.45) is 0 Å². The number of aryl methyl sites for hydroxylation is 1. The Morgan fingerprint density at radius 1 is 1.09 bits per heavy atom. The van der Waals surface area contributed by atoms with E-state index in [1.54, 1.807) is 0 Å². The van der Waals surface area contributed by atoms with E-state index in [1.807, 2.05) is 36.4 Å². The number of urea groups is 1. The predicted octanol–water partition coefficient (Wildman–Crippen LogP) is 3.13. The largest absolute Gasteiger partial charge is 0.394 e. The molecule has 2 aromatic carbocycles. The molecular weight excluding hydrogens is 288 g/mol. The molecule has 0 aliphatic rings. The van der Waals surface area contributed by atoms with Crippen molar-refractivity contribution >= 4 is 6.03 Å². The third-order valence-corrected chi connectivity index (χ3v) is 3.87. The van der Waals surface area contributed by atoms with Crippen molar-refractivity contribution in [1.29, 1.82) is 0 Å². The molecule has 0 fully saturated rings. The quantitative estimate of drug-likeness (QED) is 0.767. The minimum Gasteiger partial charge on any atom is -0.394 e.